The fraction of sp³-hybridized carbons (Fsp3) is 0. The number of hydrogen-bond acceptors (Lipinski definition) is 4. The smallest absolute Gasteiger partial charge is 0.261 e. The Labute approximate surface area is 178 Å². The van der Waals surface area contributed by atoms with E-state index in [2.05, 4.69) is 15.0 Å². The molecule has 8 heteroatoms. The maximum Gasteiger partial charge on any atom is 0.261 e. The van der Waals surface area contributed by atoms with Crippen LogP contribution in [0.25, 0.3) is 10.9 Å². The summed E-state index contributed by atoms with van der Waals surface area (Å²) in [6.07, 6.45) is 1.70. The highest BCUT2D eigenvalue weighted by Gasteiger charge is 2.17. The van der Waals surface area contributed by atoms with Crippen LogP contribution >= 0.6 is 11.6 Å². The molecule has 0 bridgehead atoms. The molecule has 3 aromatic carbocycles. The van der Waals surface area contributed by atoms with E-state index in [1.54, 1.807) is 42.6 Å². The lowest BCUT2D eigenvalue weighted by atomic mass is 10.1. The number of nitrogens with one attached hydrogen (secondary N) is 2. The molecule has 0 radical (unpaired) electrons. The molecule has 0 aliphatic rings. The van der Waals surface area contributed by atoms with E-state index in [0.29, 0.717) is 16.4 Å². The van der Waals surface area contributed by atoms with Gasteiger partial charge in [-0.25, -0.2) is 8.42 Å². The number of benzene rings is 3. The molecule has 0 aliphatic carbocycles. The third kappa shape index (κ3) is 4.42. The summed E-state index contributed by atoms with van der Waals surface area (Å²) in [5.41, 5.74) is 2.00. The van der Waals surface area contributed by atoms with E-state index in [4.69, 9.17) is 11.6 Å². The van der Waals surface area contributed by atoms with Crippen LogP contribution in [0.15, 0.2) is 90.0 Å². The molecule has 0 spiro atoms. The number of nitrogens with zero attached hydrogens (tertiary/aromatic N) is 1. The summed E-state index contributed by atoms with van der Waals surface area (Å²) < 4.78 is 27.8. The van der Waals surface area contributed by atoms with Crippen LogP contribution < -0.4 is 10.0 Å². The second-order valence-corrected chi connectivity index (χ2v) is 8.62. The van der Waals surface area contributed by atoms with Crippen molar-refractivity contribution in [3.05, 3.63) is 95.6 Å². The molecule has 30 heavy (non-hydrogen) atoms. The molecule has 0 fully saturated rings. The van der Waals surface area contributed by atoms with E-state index in [1.807, 2.05) is 24.3 Å². The number of carbonyl (C=O) groups is 1. The van der Waals surface area contributed by atoms with Crippen molar-refractivity contribution < 1.29 is 13.2 Å². The van der Waals surface area contributed by atoms with Gasteiger partial charge in [0.1, 0.15) is 0 Å². The summed E-state index contributed by atoms with van der Waals surface area (Å²) in [5, 5.41) is 4.18. The summed E-state index contributed by atoms with van der Waals surface area (Å²) >= 11 is 5.83. The number of hydrogen-bond donors (Lipinski definition) is 2. The summed E-state index contributed by atoms with van der Waals surface area (Å²) in [6.45, 7) is 0. The first kappa shape index (κ1) is 19.9. The van der Waals surface area contributed by atoms with Crippen LogP contribution in [0.1, 0.15) is 10.4 Å². The minimum atomic E-state index is -3.87. The second-order valence-electron chi connectivity index (χ2n) is 6.51. The van der Waals surface area contributed by atoms with Gasteiger partial charge in [-0.1, -0.05) is 23.7 Å². The Morgan fingerprint density at radius 3 is 2.43 bits per heavy atom. The molecule has 0 saturated heterocycles. The van der Waals surface area contributed by atoms with E-state index in [0.717, 1.165) is 10.9 Å². The maximum atomic E-state index is 12.7. The standard InChI is InChI=1S/C22H16ClN3O3S/c23-17-6-8-18(9-7-17)26-30(28,29)20-5-1-3-16(14-20)22(27)25-19-10-11-21-15(13-19)4-2-12-24-21/h1-14,26H,(H,25,27). The Kier molecular flexibility index (Phi) is 5.39. The van der Waals surface area contributed by atoms with Crippen LogP contribution in [0.2, 0.25) is 5.02 Å². The minimum absolute atomic E-state index is 0.0205. The molecule has 0 atom stereocenters. The topological polar surface area (TPSA) is 88.2 Å². The average molecular weight is 438 g/mol. The number of carbonyl (C=O) groups excluding carboxylic acids is 1. The van der Waals surface area contributed by atoms with E-state index in [9.17, 15) is 13.2 Å². The fourth-order valence-electron chi connectivity index (χ4n) is 2.89. The number of rotatable bonds is 5. The van der Waals surface area contributed by atoms with Crippen LogP contribution in [-0.4, -0.2) is 19.3 Å². The molecule has 0 unspecified atom stereocenters. The molecule has 2 N–H and O–H groups in total. The molecule has 150 valence electrons. The SMILES string of the molecule is O=C(Nc1ccc2ncccc2c1)c1cccc(S(=O)(=O)Nc2ccc(Cl)cc2)c1. The minimum Gasteiger partial charge on any atom is -0.322 e. The highest BCUT2D eigenvalue weighted by molar-refractivity contribution is 7.92. The van der Waals surface area contributed by atoms with Crippen LogP contribution in [-0.2, 0) is 10.0 Å². The first-order valence-corrected chi connectivity index (χ1v) is 10.8. The zero-order chi connectivity index (χ0) is 21.1. The van der Waals surface area contributed by atoms with Crippen molar-refractivity contribution in [1.82, 2.24) is 4.98 Å². The number of fused-ring (bicyclic) bond motifs is 1. The number of pyridine rings is 1. The van der Waals surface area contributed by atoms with Crippen molar-refractivity contribution in [2.24, 2.45) is 0 Å². The van der Waals surface area contributed by atoms with Crippen LogP contribution in [0.5, 0.6) is 0 Å². The number of aromatic nitrogens is 1. The van der Waals surface area contributed by atoms with Crippen molar-refractivity contribution in [3.63, 3.8) is 0 Å². The van der Waals surface area contributed by atoms with Gasteiger partial charge in [0.2, 0.25) is 0 Å². The van der Waals surface area contributed by atoms with Gasteiger partial charge in [0.25, 0.3) is 15.9 Å². The van der Waals surface area contributed by atoms with Gasteiger partial charge >= 0.3 is 0 Å². The van der Waals surface area contributed by atoms with Crippen LogP contribution in [0.3, 0.4) is 0 Å². The maximum absolute atomic E-state index is 12.7. The van der Waals surface area contributed by atoms with Gasteiger partial charge in [-0.05, 0) is 66.7 Å². The van der Waals surface area contributed by atoms with Gasteiger partial charge in [0, 0.05) is 33.5 Å². The Morgan fingerprint density at radius 2 is 1.63 bits per heavy atom. The summed E-state index contributed by atoms with van der Waals surface area (Å²) in [5.74, 6) is -0.415. The van der Waals surface area contributed by atoms with Gasteiger partial charge in [0.05, 0.1) is 10.4 Å². The molecule has 4 aromatic rings. The van der Waals surface area contributed by atoms with Crippen molar-refractivity contribution in [2.45, 2.75) is 4.90 Å². The van der Waals surface area contributed by atoms with Gasteiger partial charge in [0.15, 0.2) is 0 Å². The van der Waals surface area contributed by atoms with Crippen molar-refractivity contribution in [3.8, 4) is 0 Å². The number of halogens is 1. The quantitative estimate of drug-likeness (QED) is 0.462. The van der Waals surface area contributed by atoms with E-state index in [1.165, 1.54) is 18.2 Å². The molecule has 6 nitrogen and oxygen atoms in total. The second kappa shape index (κ2) is 8.14. The Balaban J connectivity index is 1.55. The molecule has 0 saturated carbocycles. The van der Waals surface area contributed by atoms with E-state index >= 15 is 0 Å². The van der Waals surface area contributed by atoms with Gasteiger partial charge in [-0.2, -0.15) is 0 Å². The first-order chi connectivity index (χ1) is 14.4. The zero-order valence-electron chi connectivity index (χ0n) is 15.5. The summed E-state index contributed by atoms with van der Waals surface area (Å²) in [7, 11) is -3.87. The zero-order valence-corrected chi connectivity index (χ0v) is 17.1. The predicted octanol–water partition coefficient (Wildman–Crippen LogP) is 4.94. The molecular formula is C22H16ClN3O3S. The molecule has 4 rings (SSSR count). The van der Waals surface area contributed by atoms with Crippen molar-refractivity contribution in [1.29, 1.82) is 0 Å². The molecular weight excluding hydrogens is 422 g/mol. The van der Waals surface area contributed by atoms with Gasteiger partial charge < -0.3 is 5.32 Å². The van der Waals surface area contributed by atoms with Crippen molar-refractivity contribution >= 4 is 49.8 Å². The number of amides is 1. The molecule has 1 heterocycles. The third-order valence-corrected chi connectivity index (χ3v) is 5.99. The fourth-order valence-corrected chi connectivity index (χ4v) is 4.12. The Morgan fingerprint density at radius 1 is 0.867 bits per heavy atom. The Bertz CT molecular complexity index is 1340. The molecule has 1 amide bonds. The number of sulfonamides is 1. The van der Waals surface area contributed by atoms with Crippen LogP contribution in [0, 0.1) is 0 Å². The third-order valence-electron chi connectivity index (χ3n) is 4.36. The molecule has 0 aliphatic heterocycles. The lowest BCUT2D eigenvalue weighted by molar-refractivity contribution is 0.102. The average Bonchev–Trinajstić information content (AvgIpc) is 2.75. The lowest BCUT2D eigenvalue weighted by Crippen LogP contribution is -2.16. The summed E-state index contributed by atoms with van der Waals surface area (Å²) in [4.78, 5) is 16.9. The molecule has 1 aromatic heterocycles. The summed E-state index contributed by atoms with van der Waals surface area (Å²) in [6, 6.07) is 21.2. The first-order valence-electron chi connectivity index (χ1n) is 8.95. The predicted molar refractivity (Wildman–Crippen MR) is 118 cm³/mol. The normalized spacial score (nSPS) is 11.2. The van der Waals surface area contributed by atoms with Gasteiger partial charge in [-0.15, -0.1) is 0 Å². The largest absolute Gasteiger partial charge is 0.322 e. The van der Waals surface area contributed by atoms with E-state index in [-0.39, 0.29) is 10.5 Å². The highest BCUT2D eigenvalue weighted by atomic mass is 35.5. The number of anilines is 2. The highest BCUT2D eigenvalue weighted by Crippen LogP contribution is 2.21. The van der Waals surface area contributed by atoms with Crippen LogP contribution in [0.4, 0.5) is 11.4 Å². The monoisotopic (exact) mass is 437 g/mol. The van der Waals surface area contributed by atoms with Crippen molar-refractivity contribution in [2.75, 3.05) is 10.0 Å². The van der Waals surface area contributed by atoms with E-state index < -0.39 is 15.9 Å². The Hall–Kier alpha value is -3.42. The van der Waals surface area contributed by atoms with Gasteiger partial charge in [-0.3, -0.25) is 14.5 Å². The lowest BCUT2D eigenvalue weighted by Gasteiger charge is -2.10.